The molecule has 0 saturated heterocycles. The molecule has 1 unspecified atom stereocenters. The van der Waals surface area contributed by atoms with E-state index < -0.39 is 6.10 Å². The van der Waals surface area contributed by atoms with Crippen LogP contribution in [0.4, 0.5) is 0 Å². The fourth-order valence-corrected chi connectivity index (χ4v) is 8.47. The van der Waals surface area contributed by atoms with Crippen LogP contribution in [0.2, 0.25) is 0 Å². The average Bonchev–Trinajstić information content (AvgIpc) is 3.45. The van der Waals surface area contributed by atoms with Crippen molar-refractivity contribution < 1.29 is 28.6 Å². The molecule has 446 valence electrons. The van der Waals surface area contributed by atoms with E-state index in [1.54, 1.807) is 0 Å². The van der Waals surface area contributed by atoms with Gasteiger partial charge in [-0.05, 0) is 141 Å². The van der Waals surface area contributed by atoms with Crippen LogP contribution in [0.1, 0.15) is 278 Å². The average molecular weight is 1090 g/mol. The molecule has 0 amide bonds. The minimum atomic E-state index is -0.806. The monoisotopic (exact) mass is 1090 g/mol. The Balaban J connectivity index is 4.40. The first-order valence-electron chi connectivity index (χ1n) is 32.3. The lowest BCUT2D eigenvalue weighted by Gasteiger charge is -2.18. The zero-order chi connectivity index (χ0) is 57.1. The molecular formula is C73H118O6. The molecule has 1 atom stereocenters. The van der Waals surface area contributed by atoms with Gasteiger partial charge in [0.25, 0.3) is 0 Å². The van der Waals surface area contributed by atoms with E-state index in [9.17, 15) is 14.4 Å². The van der Waals surface area contributed by atoms with Gasteiger partial charge in [-0.1, -0.05) is 263 Å². The Morgan fingerprint density at radius 2 is 0.519 bits per heavy atom. The highest BCUT2D eigenvalue weighted by atomic mass is 16.6. The highest BCUT2D eigenvalue weighted by Gasteiger charge is 2.19. The van der Waals surface area contributed by atoms with Crippen molar-refractivity contribution in [1.29, 1.82) is 0 Å². The second kappa shape index (κ2) is 65.8. The fraction of sp³-hybridized carbons (Fsp3) is 0.630. The van der Waals surface area contributed by atoms with Gasteiger partial charge in [0.2, 0.25) is 0 Å². The van der Waals surface area contributed by atoms with Gasteiger partial charge in [-0.3, -0.25) is 14.4 Å². The molecule has 0 N–H and O–H groups in total. The van der Waals surface area contributed by atoms with Gasteiger partial charge in [0.1, 0.15) is 13.2 Å². The second-order valence-corrected chi connectivity index (χ2v) is 20.9. The minimum absolute atomic E-state index is 0.102. The maximum atomic E-state index is 12.9. The Labute approximate surface area is 487 Å². The molecule has 0 bridgehead atoms. The summed E-state index contributed by atoms with van der Waals surface area (Å²) in [6.07, 6.45) is 94.2. The predicted molar refractivity (Wildman–Crippen MR) is 343 cm³/mol. The number of esters is 3. The molecule has 79 heavy (non-hydrogen) atoms. The molecule has 0 radical (unpaired) electrons. The van der Waals surface area contributed by atoms with Crippen molar-refractivity contribution in [3.8, 4) is 0 Å². The molecule has 6 nitrogen and oxygen atoms in total. The van der Waals surface area contributed by atoms with Gasteiger partial charge in [-0.2, -0.15) is 0 Å². The van der Waals surface area contributed by atoms with Gasteiger partial charge < -0.3 is 14.2 Å². The zero-order valence-corrected chi connectivity index (χ0v) is 51.1. The number of ether oxygens (including phenoxy) is 3. The Bertz CT molecular complexity index is 1730. The molecule has 0 aromatic carbocycles. The molecule has 0 heterocycles. The van der Waals surface area contributed by atoms with E-state index in [-0.39, 0.29) is 31.1 Å². The van der Waals surface area contributed by atoms with E-state index in [1.165, 1.54) is 83.5 Å². The van der Waals surface area contributed by atoms with Crippen molar-refractivity contribution in [1.82, 2.24) is 0 Å². The molecule has 0 aromatic heterocycles. The van der Waals surface area contributed by atoms with Crippen LogP contribution in [0.25, 0.3) is 0 Å². The smallest absolute Gasteiger partial charge is 0.306 e. The molecule has 0 rings (SSSR count). The molecule has 0 aromatic rings. The highest BCUT2D eigenvalue weighted by Crippen LogP contribution is 2.14. The summed E-state index contributed by atoms with van der Waals surface area (Å²) in [4.78, 5) is 38.3. The van der Waals surface area contributed by atoms with Crippen molar-refractivity contribution in [3.05, 3.63) is 146 Å². The van der Waals surface area contributed by atoms with Crippen LogP contribution >= 0.6 is 0 Å². The van der Waals surface area contributed by atoms with Crippen molar-refractivity contribution in [3.63, 3.8) is 0 Å². The third-order valence-electron chi connectivity index (χ3n) is 13.3. The Morgan fingerprint density at radius 1 is 0.266 bits per heavy atom. The number of carbonyl (C=O) groups excluding carboxylic acids is 3. The molecule has 0 fully saturated rings. The van der Waals surface area contributed by atoms with Crippen molar-refractivity contribution in [2.45, 2.75) is 284 Å². The number of hydrogen-bond donors (Lipinski definition) is 0. The van der Waals surface area contributed by atoms with Crippen molar-refractivity contribution in [2.24, 2.45) is 0 Å². The van der Waals surface area contributed by atoms with Crippen LogP contribution in [-0.4, -0.2) is 37.2 Å². The maximum absolute atomic E-state index is 12.9. The molecular weight excluding hydrogens is 973 g/mol. The normalized spacial score (nSPS) is 13.1. The number of allylic oxidation sites excluding steroid dienone is 24. The summed E-state index contributed by atoms with van der Waals surface area (Å²) < 4.78 is 16.9. The SMILES string of the molecule is CC/C=C\C/C=C\C/C=C\C/C=C\C/C=C\C/C=C\C/C=C\C/C=C\C/C=C\CCCCCC(=O)OCC(COC(=O)CCCCCCC/C=C\C/C=C\CCC)OC(=O)CCCCCCCCC/C=C\CCCCCCCC. The van der Waals surface area contributed by atoms with Crippen LogP contribution in [0.5, 0.6) is 0 Å². The summed E-state index contributed by atoms with van der Waals surface area (Å²) in [7, 11) is 0. The van der Waals surface area contributed by atoms with Crippen molar-refractivity contribution in [2.75, 3.05) is 13.2 Å². The lowest BCUT2D eigenvalue weighted by Crippen LogP contribution is -2.30. The summed E-state index contributed by atoms with van der Waals surface area (Å²) in [6, 6.07) is 0. The zero-order valence-electron chi connectivity index (χ0n) is 51.1. The van der Waals surface area contributed by atoms with Crippen molar-refractivity contribution >= 4 is 17.9 Å². The highest BCUT2D eigenvalue weighted by molar-refractivity contribution is 5.71. The lowest BCUT2D eigenvalue weighted by molar-refractivity contribution is -0.167. The summed E-state index contributed by atoms with van der Waals surface area (Å²) >= 11 is 0. The summed E-state index contributed by atoms with van der Waals surface area (Å²) in [5, 5.41) is 0. The summed E-state index contributed by atoms with van der Waals surface area (Å²) in [5.74, 6) is -0.954. The Hall–Kier alpha value is -4.71. The van der Waals surface area contributed by atoms with E-state index in [0.29, 0.717) is 19.3 Å². The molecule has 0 aliphatic rings. The van der Waals surface area contributed by atoms with Crippen LogP contribution in [0.15, 0.2) is 146 Å². The van der Waals surface area contributed by atoms with Gasteiger partial charge in [-0.15, -0.1) is 0 Å². The maximum Gasteiger partial charge on any atom is 0.306 e. The van der Waals surface area contributed by atoms with Gasteiger partial charge in [0.15, 0.2) is 6.10 Å². The van der Waals surface area contributed by atoms with Gasteiger partial charge in [0, 0.05) is 19.3 Å². The first kappa shape index (κ1) is 74.3. The third kappa shape index (κ3) is 64.0. The van der Waals surface area contributed by atoms with E-state index in [2.05, 4.69) is 167 Å². The molecule has 0 aliphatic heterocycles. The minimum Gasteiger partial charge on any atom is -0.462 e. The molecule has 0 aliphatic carbocycles. The number of unbranched alkanes of at least 4 members (excludes halogenated alkanes) is 22. The predicted octanol–water partition coefficient (Wildman–Crippen LogP) is 22.3. The van der Waals surface area contributed by atoms with E-state index in [4.69, 9.17) is 14.2 Å². The van der Waals surface area contributed by atoms with Crippen LogP contribution in [-0.2, 0) is 28.6 Å². The molecule has 6 heteroatoms. The van der Waals surface area contributed by atoms with Gasteiger partial charge >= 0.3 is 17.9 Å². The van der Waals surface area contributed by atoms with Crippen LogP contribution in [0, 0.1) is 0 Å². The number of rotatable bonds is 57. The number of hydrogen-bond acceptors (Lipinski definition) is 6. The summed E-state index contributed by atoms with van der Waals surface area (Å²) in [6.45, 7) is 6.42. The molecule has 0 saturated carbocycles. The summed E-state index contributed by atoms with van der Waals surface area (Å²) in [5.41, 5.74) is 0. The third-order valence-corrected chi connectivity index (χ3v) is 13.3. The topological polar surface area (TPSA) is 78.9 Å². The lowest BCUT2D eigenvalue weighted by atomic mass is 10.1. The van der Waals surface area contributed by atoms with E-state index >= 15 is 0 Å². The van der Waals surface area contributed by atoms with Gasteiger partial charge in [0.05, 0.1) is 0 Å². The first-order chi connectivity index (χ1) is 39.0. The Kier molecular flexibility index (Phi) is 61.9. The first-order valence-corrected chi connectivity index (χ1v) is 32.3. The fourth-order valence-electron chi connectivity index (χ4n) is 8.47. The quantitative estimate of drug-likeness (QED) is 0.0261. The number of carbonyl (C=O) groups is 3. The van der Waals surface area contributed by atoms with Crippen LogP contribution in [0.3, 0.4) is 0 Å². The Morgan fingerprint density at radius 3 is 0.848 bits per heavy atom. The van der Waals surface area contributed by atoms with E-state index in [1.807, 2.05) is 0 Å². The molecule has 0 spiro atoms. The standard InChI is InChI=1S/C73H118O6/c1-4-7-10-13-16-19-22-25-27-29-30-31-32-33-34-35-36-37-38-39-40-41-42-44-45-48-51-54-57-60-63-66-72(75)78-69-70(68-77-71(74)65-62-59-56-53-50-47-24-21-18-15-12-9-6-3)79-73(76)67-64-61-58-55-52-49-46-43-28-26-23-20-17-14-11-8-5-2/h7,10,12,15-16,19,21,24-28,30-31,33-34,36-37,39-40,42,44,48,51,70H,4-6,8-9,11,13-14,17-18,20,22-23,29,32,35,38,41,43,45-47,49-50,52-69H2,1-3H3/b10-7-,15-12-,19-16-,24-21-,27-25-,28-26-,31-30-,34-33-,37-36-,40-39-,44-42-,51-48-. The van der Waals surface area contributed by atoms with Crippen LogP contribution < -0.4 is 0 Å². The largest absolute Gasteiger partial charge is 0.462 e. The van der Waals surface area contributed by atoms with Gasteiger partial charge in [-0.25, -0.2) is 0 Å². The van der Waals surface area contributed by atoms with E-state index in [0.717, 1.165) is 154 Å². The second-order valence-electron chi connectivity index (χ2n) is 20.9.